The van der Waals surface area contributed by atoms with E-state index in [1.54, 1.807) is 30.1 Å². The van der Waals surface area contributed by atoms with E-state index in [-0.39, 0.29) is 5.91 Å². The molecule has 66 valence electrons. The predicted molar refractivity (Wildman–Crippen MR) is 47.6 cm³/mol. The summed E-state index contributed by atoms with van der Waals surface area (Å²) < 4.78 is 0. The van der Waals surface area contributed by atoms with E-state index < -0.39 is 0 Å². The van der Waals surface area contributed by atoms with Crippen molar-refractivity contribution in [2.24, 2.45) is 0 Å². The lowest BCUT2D eigenvalue weighted by molar-refractivity contribution is 0.0816. The third-order valence-corrected chi connectivity index (χ3v) is 2.25. The number of rotatable bonds is 1. The highest BCUT2D eigenvalue weighted by Gasteiger charge is 2.23. The van der Waals surface area contributed by atoms with Gasteiger partial charge in [-0.1, -0.05) is 6.07 Å². The van der Waals surface area contributed by atoms with Crippen LogP contribution in [0, 0.1) is 0 Å². The van der Waals surface area contributed by atoms with Crippen molar-refractivity contribution < 1.29 is 9.59 Å². The first kappa shape index (κ1) is 7.98. The van der Waals surface area contributed by atoms with Crippen LogP contribution in [0.4, 0.5) is 0 Å². The van der Waals surface area contributed by atoms with Crippen molar-refractivity contribution in [1.82, 2.24) is 4.90 Å². The molecular weight excluding hydrogens is 166 g/mol. The summed E-state index contributed by atoms with van der Waals surface area (Å²) in [5.74, 6) is 0.0347. The van der Waals surface area contributed by atoms with Crippen molar-refractivity contribution in [2.75, 3.05) is 7.05 Å². The normalized spacial score (nSPS) is 14.5. The molecule has 0 aromatic heterocycles. The lowest BCUT2D eigenvalue weighted by atomic mass is 10.1. The van der Waals surface area contributed by atoms with Gasteiger partial charge in [-0.3, -0.25) is 9.59 Å². The molecule has 2 rings (SSSR count). The van der Waals surface area contributed by atoms with E-state index in [4.69, 9.17) is 0 Å². The van der Waals surface area contributed by atoms with E-state index in [0.29, 0.717) is 17.7 Å². The largest absolute Gasteiger partial charge is 0.337 e. The highest BCUT2D eigenvalue weighted by molar-refractivity contribution is 5.98. The van der Waals surface area contributed by atoms with Crippen molar-refractivity contribution in [3.8, 4) is 0 Å². The number of benzene rings is 1. The minimum atomic E-state index is 0.0347. The van der Waals surface area contributed by atoms with Gasteiger partial charge in [0.05, 0.1) is 0 Å². The number of carbonyl (C=O) groups is 2. The van der Waals surface area contributed by atoms with Crippen LogP contribution < -0.4 is 0 Å². The topological polar surface area (TPSA) is 37.4 Å². The van der Waals surface area contributed by atoms with Gasteiger partial charge in [-0.05, 0) is 17.7 Å². The predicted octanol–water partition coefficient (Wildman–Crippen LogP) is 1.08. The second-order valence-electron chi connectivity index (χ2n) is 3.20. The van der Waals surface area contributed by atoms with Crippen LogP contribution in [0.1, 0.15) is 26.3 Å². The Labute approximate surface area is 76.0 Å². The van der Waals surface area contributed by atoms with Gasteiger partial charge in [0.2, 0.25) is 0 Å². The summed E-state index contributed by atoms with van der Waals surface area (Å²) in [5.41, 5.74) is 2.28. The van der Waals surface area contributed by atoms with E-state index >= 15 is 0 Å². The maximum absolute atomic E-state index is 11.4. The standard InChI is InChI=1S/C10H9NO2/c1-11-5-8-4-7(6-12)2-3-9(8)10(11)13/h2-4,6H,5H2,1H3. The average Bonchev–Trinajstić information content (AvgIpc) is 2.42. The van der Waals surface area contributed by atoms with E-state index in [9.17, 15) is 9.59 Å². The van der Waals surface area contributed by atoms with Gasteiger partial charge in [0, 0.05) is 24.7 Å². The first-order valence-electron chi connectivity index (χ1n) is 4.06. The van der Waals surface area contributed by atoms with Crippen LogP contribution in [0.5, 0.6) is 0 Å². The lowest BCUT2D eigenvalue weighted by Crippen LogP contribution is -2.17. The summed E-state index contributed by atoms with van der Waals surface area (Å²) >= 11 is 0. The van der Waals surface area contributed by atoms with Gasteiger partial charge in [-0.15, -0.1) is 0 Å². The second kappa shape index (κ2) is 2.69. The summed E-state index contributed by atoms with van der Waals surface area (Å²) in [6, 6.07) is 5.15. The molecule has 0 N–H and O–H groups in total. The van der Waals surface area contributed by atoms with Gasteiger partial charge in [-0.25, -0.2) is 0 Å². The molecule has 1 heterocycles. The zero-order valence-electron chi connectivity index (χ0n) is 7.28. The van der Waals surface area contributed by atoms with E-state index in [2.05, 4.69) is 0 Å². The smallest absolute Gasteiger partial charge is 0.254 e. The molecule has 13 heavy (non-hydrogen) atoms. The zero-order valence-corrected chi connectivity index (χ0v) is 7.28. The Hall–Kier alpha value is -1.64. The fourth-order valence-electron chi connectivity index (χ4n) is 1.56. The Morgan fingerprint density at radius 1 is 1.46 bits per heavy atom. The molecular formula is C10H9NO2. The quantitative estimate of drug-likeness (QED) is 0.599. The lowest BCUT2D eigenvalue weighted by Gasteiger charge is -2.04. The van der Waals surface area contributed by atoms with Crippen LogP contribution in [0.3, 0.4) is 0 Å². The number of hydrogen-bond donors (Lipinski definition) is 0. The van der Waals surface area contributed by atoms with Crippen LogP contribution in [0.2, 0.25) is 0 Å². The fraction of sp³-hybridized carbons (Fsp3) is 0.200. The van der Waals surface area contributed by atoms with Gasteiger partial charge in [0.1, 0.15) is 6.29 Å². The molecule has 0 bridgehead atoms. The number of aldehydes is 1. The van der Waals surface area contributed by atoms with Crippen molar-refractivity contribution in [3.05, 3.63) is 34.9 Å². The van der Waals surface area contributed by atoms with Gasteiger partial charge in [-0.2, -0.15) is 0 Å². The Balaban J connectivity index is 2.52. The molecule has 0 saturated carbocycles. The number of amides is 1. The third-order valence-electron chi connectivity index (χ3n) is 2.25. The molecule has 0 spiro atoms. The van der Waals surface area contributed by atoms with E-state index in [0.717, 1.165) is 11.8 Å². The molecule has 0 atom stereocenters. The average molecular weight is 175 g/mol. The molecule has 3 nitrogen and oxygen atoms in total. The molecule has 0 fully saturated rings. The molecule has 1 aliphatic rings. The number of nitrogens with zero attached hydrogens (tertiary/aromatic N) is 1. The van der Waals surface area contributed by atoms with Crippen molar-refractivity contribution in [2.45, 2.75) is 6.54 Å². The molecule has 0 saturated heterocycles. The van der Waals surface area contributed by atoms with E-state index in [1.165, 1.54) is 0 Å². The maximum atomic E-state index is 11.4. The first-order chi connectivity index (χ1) is 6.22. The second-order valence-corrected chi connectivity index (χ2v) is 3.20. The molecule has 0 unspecified atom stereocenters. The fourth-order valence-corrected chi connectivity index (χ4v) is 1.56. The Kier molecular flexibility index (Phi) is 1.65. The van der Waals surface area contributed by atoms with Gasteiger partial charge in [0.25, 0.3) is 5.91 Å². The molecule has 1 aromatic rings. The molecule has 3 heteroatoms. The van der Waals surface area contributed by atoms with Crippen LogP contribution in [0.15, 0.2) is 18.2 Å². The van der Waals surface area contributed by atoms with Gasteiger partial charge >= 0.3 is 0 Å². The minimum absolute atomic E-state index is 0.0347. The number of fused-ring (bicyclic) bond motifs is 1. The van der Waals surface area contributed by atoms with Gasteiger partial charge in [0.15, 0.2) is 0 Å². The van der Waals surface area contributed by atoms with E-state index in [1.807, 2.05) is 0 Å². The summed E-state index contributed by atoms with van der Waals surface area (Å²) in [7, 11) is 1.75. The highest BCUT2D eigenvalue weighted by Crippen LogP contribution is 2.21. The van der Waals surface area contributed by atoms with Crippen molar-refractivity contribution in [3.63, 3.8) is 0 Å². The molecule has 1 aromatic carbocycles. The Bertz CT molecular complexity index is 385. The SMILES string of the molecule is CN1Cc2cc(C=O)ccc2C1=O. The van der Waals surface area contributed by atoms with Crippen LogP contribution in [0.25, 0.3) is 0 Å². The third kappa shape index (κ3) is 1.13. The summed E-state index contributed by atoms with van der Waals surface area (Å²) in [4.78, 5) is 23.5. The Morgan fingerprint density at radius 2 is 2.23 bits per heavy atom. The highest BCUT2D eigenvalue weighted by atomic mass is 16.2. The maximum Gasteiger partial charge on any atom is 0.254 e. The molecule has 0 aliphatic carbocycles. The molecule has 0 radical (unpaired) electrons. The minimum Gasteiger partial charge on any atom is -0.337 e. The molecule has 1 amide bonds. The van der Waals surface area contributed by atoms with Crippen LogP contribution in [-0.4, -0.2) is 24.1 Å². The monoisotopic (exact) mass is 175 g/mol. The number of hydrogen-bond acceptors (Lipinski definition) is 2. The zero-order chi connectivity index (χ0) is 9.42. The number of carbonyl (C=O) groups excluding carboxylic acids is 2. The summed E-state index contributed by atoms with van der Waals surface area (Å²) in [5, 5.41) is 0. The first-order valence-corrected chi connectivity index (χ1v) is 4.06. The summed E-state index contributed by atoms with van der Waals surface area (Å²) in [6.07, 6.45) is 0.795. The Morgan fingerprint density at radius 3 is 2.92 bits per heavy atom. The summed E-state index contributed by atoms with van der Waals surface area (Å²) in [6.45, 7) is 0.607. The van der Waals surface area contributed by atoms with Crippen LogP contribution in [-0.2, 0) is 6.54 Å². The van der Waals surface area contributed by atoms with Gasteiger partial charge < -0.3 is 4.90 Å². The van der Waals surface area contributed by atoms with Crippen molar-refractivity contribution >= 4 is 12.2 Å². The molecule has 1 aliphatic heterocycles. The van der Waals surface area contributed by atoms with Crippen molar-refractivity contribution in [1.29, 1.82) is 0 Å². The van der Waals surface area contributed by atoms with Crippen LogP contribution >= 0.6 is 0 Å².